The average molecular weight is 487 g/mol. The van der Waals surface area contributed by atoms with Gasteiger partial charge in [-0.1, -0.05) is 36.4 Å². The van der Waals surface area contributed by atoms with Crippen molar-refractivity contribution in [2.24, 2.45) is 5.73 Å². The van der Waals surface area contributed by atoms with Crippen molar-refractivity contribution in [3.05, 3.63) is 75.7 Å². The number of methoxy groups -OCH3 is 2. The maximum Gasteiger partial charge on any atom is 0.263 e. The van der Waals surface area contributed by atoms with Crippen LogP contribution in [0, 0.1) is 0 Å². The van der Waals surface area contributed by atoms with Gasteiger partial charge in [0.1, 0.15) is 22.1 Å². The van der Waals surface area contributed by atoms with Gasteiger partial charge >= 0.3 is 0 Å². The minimum atomic E-state index is -0.540. The summed E-state index contributed by atoms with van der Waals surface area (Å²) in [6.45, 7) is 2.33. The molecular weight excluding hydrogens is 462 g/mol. The number of rotatable bonds is 7. The summed E-state index contributed by atoms with van der Waals surface area (Å²) in [7, 11) is 2.98. The lowest BCUT2D eigenvalue weighted by Gasteiger charge is -2.27. The van der Waals surface area contributed by atoms with Gasteiger partial charge in [0, 0.05) is 24.5 Å². The molecule has 0 aliphatic carbocycles. The summed E-state index contributed by atoms with van der Waals surface area (Å²) in [5.41, 5.74) is 8.55. The molecule has 0 fully saturated rings. The first-order valence-electron chi connectivity index (χ1n) is 10.2. The number of hydrogen-bond donors (Lipinski definition) is 2. The monoisotopic (exact) mass is 486 g/mol. The van der Waals surface area contributed by atoms with Gasteiger partial charge in [0.25, 0.3) is 11.8 Å². The van der Waals surface area contributed by atoms with E-state index in [0.717, 1.165) is 23.5 Å². The predicted molar refractivity (Wildman–Crippen MR) is 125 cm³/mol. The molecule has 2 heterocycles. The van der Waals surface area contributed by atoms with Gasteiger partial charge in [-0.05, 0) is 29.7 Å². The Morgan fingerprint density at radius 3 is 2.30 bits per heavy atom. The van der Waals surface area contributed by atoms with E-state index in [9.17, 15) is 9.59 Å². The van der Waals surface area contributed by atoms with Crippen molar-refractivity contribution < 1.29 is 31.5 Å². The molecule has 9 heteroatoms. The second kappa shape index (κ2) is 10.7. The molecule has 0 atom stereocenters. The molecule has 0 saturated heterocycles. The summed E-state index contributed by atoms with van der Waals surface area (Å²) in [6, 6.07) is 15.4. The standard InChI is InChI=1S/C24H25N3O4S.ClH/c1-30-17-9-6-10-18(31-2)21(17)23(29)26-24-20(22(25)28)16-11-12-27(14-19(16)32-24)13-15-7-4-3-5-8-15;/h3-10H,11-14H2,1-2H3,(H2,25,28)(H,26,29);1H/p-1. The zero-order chi connectivity index (χ0) is 22.7. The number of anilines is 1. The average Bonchev–Trinajstić information content (AvgIpc) is 3.16. The Balaban J connectivity index is 0.00000306. The number of amides is 2. The molecule has 0 radical (unpaired) electrons. The molecule has 1 aliphatic heterocycles. The summed E-state index contributed by atoms with van der Waals surface area (Å²) in [6.07, 6.45) is 0.699. The molecule has 0 spiro atoms. The number of nitrogens with one attached hydrogen (secondary N) is 1. The van der Waals surface area contributed by atoms with E-state index in [1.54, 1.807) is 18.2 Å². The first-order chi connectivity index (χ1) is 15.5. The van der Waals surface area contributed by atoms with E-state index in [4.69, 9.17) is 15.2 Å². The van der Waals surface area contributed by atoms with E-state index < -0.39 is 11.8 Å². The van der Waals surface area contributed by atoms with E-state index >= 15 is 0 Å². The summed E-state index contributed by atoms with van der Waals surface area (Å²) < 4.78 is 10.7. The Morgan fingerprint density at radius 1 is 1.03 bits per heavy atom. The summed E-state index contributed by atoms with van der Waals surface area (Å²) >= 11 is 1.40. The van der Waals surface area contributed by atoms with Crippen LogP contribution in [0.5, 0.6) is 11.5 Å². The molecule has 4 rings (SSSR count). The number of benzene rings is 2. The van der Waals surface area contributed by atoms with Crippen LogP contribution in [0.3, 0.4) is 0 Å². The number of primary amides is 1. The smallest absolute Gasteiger partial charge is 0.263 e. The molecule has 1 aromatic heterocycles. The minimum Gasteiger partial charge on any atom is -1.00 e. The van der Waals surface area contributed by atoms with Crippen molar-refractivity contribution in [2.75, 3.05) is 26.1 Å². The van der Waals surface area contributed by atoms with E-state index in [0.29, 0.717) is 35.0 Å². The third kappa shape index (κ3) is 5.13. The largest absolute Gasteiger partial charge is 1.00 e. The van der Waals surface area contributed by atoms with Gasteiger partial charge in [-0.3, -0.25) is 14.5 Å². The van der Waals surface area contributed by atoms with Crippen molar-refractivity contribution in [1.29, 1.82) is 0 Å². The minimum absolute atomic E-state index is 0. The molecule has 0 unspecified atom stereocenters. The zero-order valence-corrected chi connectivity index (χ0v) is 20.0. The maximum atomic E-state index is 13.1. The lowest BCUT2D eigenvalue weighted by Crippen LogP contribution is -3.00. The number of carbonyl (C=O) groups is 2. The highest BCUT2D eigenvalue weighted by Crippen LogP contribution is 2.38. The number of nitrogens with zero attached hydrogens (tertiary/aromatic N) is 1. The van der Waals surface area contributed by atoms with E-state index in [-0.39, 0.29) is 18.0 Å². The number of fused-ring (bicyclic) bond motifs is 1. The Hall–Kier alpha value is -3.07. The molecule has 0 bridgehead atoms. The first-order valence-corrected chi connectivity index (χ1v) is 11.1. The van der Waals surface area contributed by atoms with Gasteiger partial charge in [0.2, 0.25) is 0 Å². The van der Waals surface area contributed by atoms with Crippen molar-refractivity contribution in [2.45, 2.75) is 19.5 Å². The summed E-state index contributed by atoms with van der Waals surface area (Å²) in [4.78, 5) is 28.8. The van der Waals surface area contributed by atoms with Crippen LogP contribution in [0.25, 0.3) is 0 Å². The number of thiophene rings is 1. The second-order valence-electron chi connectivity index (χ2n) is 7.51. The van der Waals surface area contributed by atoms with Gasteiger partial charge < -0.3 is 32.9 Å². The van der Waals surface area contributed by atoms with Gasteiger partial charge in [-0.2, -0.15) is 0 Å². The number of carbonyl (C=O) groups excluding carboxylic acids is 2. The highest BCUT2D eigenvalue weighted by atomic mass is 35.5. The van der Waals surface area contributed by atoms with E-state index in [1.165, 1.54) is 31.1 Å². The fourth-order valence-electron chi connectivity index (χ4n) is 4.02. The molecule has 33 heavy (non-hydrogen) atoms. The molecule has 2 amide bonds. The van der Waals surface area contributed by atoms with Crippen LogP contribution < -0.4 is 32.9 Å². The second-order valence-corrected chi connectivity index (χ2v) is 8.62. The molecule has 0 saturated carbocycles. The van der Waals surface area contributed by atoms with Gasteiger partial charge in [0.05, 0.1) is 19.8 Å². The Labute approximate surface area is 202 Å². The summed E-state index contributed by atoms with van der Waals surface area (Å²) in [5, 5.41) is 3.34. The Bertz CT molecular complexity index is 1130. The van der Waals surface area contributed by atoms with Crippen LogP contribution in [0.1, 0.15) is 36.7 Å². The van der Waals surface area contributed by atoms with Crippen molar-refractivity contribution in [3.8, 4) is 11.5 Å². The number of halogens is 1. The Kier molecular flexibility index (Phi) is 7.97. The molecule has 2 aromatic carbocycles. The van der Waals surface area contributed by atoms with Crippen LogP contribution in [-0.4, -0.2) is 37.5 Å². The molecule has 3 N–H and O–H groups in total. The molecule has 3 aromatic rings. The quantitative estimate of drug-likeness (QED) is 0.512. The lowest BCUT2D eigenvalue weighted by molar-refractivity contribution is -0.0000233. The fourth-order valence-corrected chi connectivity index (χ4v) is 5.31. The maximum absolute atomic E-state index is 13.1. The van der Waals surface area contributed by atoms with Crippen molar-refractivity contribution in [3.63, 3.8) is 0 Å². The summed E-state index contributed by atoms with van der Waals surface area (Å²) in [5.74, 6) is -0.182. The van der Waals surface area contributed by atoms with Crippen LogP contribution in [0.2, 0.25) is 0 Å². The lowest BCUT2D eigenvalue weighted by atomic mass is 10.0. The van der Waals surface area contributed by atoms with Crippen molar-refractivity contribution >= 4 is 28.2 Å². The third-order valence-electron chi connectivity index (χ3n) is 5.51. The predicted octanol–water partition coefficient (Wildman–Crippen LogP) is 0.679. The number of ether oxygens (including phenoxy) is 2. The SMILES string of the molecule is COc1cccc(OC)c1C(=O)Nc1sc2c(c1C(N)=O)CCN(Cc1ccccc1)C2.[Cl-]. The van der Waals surface area contributed by atoms with Crippen LogP contribution in [0.4, 0.5) is 5.00 Å². The normalized spacial score (nSPS) is 12.9. The van der Waals surface area contributed by atoms with Gasteiger partial charge in [-0.15, -0.1) is 11.3 Å². The van der Waals surface area contributed by atoms with Crippen molar-refractivity contribution in [1.82, 2.24) is 4.90 Å². The van der Waals surface area contributed by atoms with Crippen LogP contribution in [0.15, 0.2) is 48.5 Å². The fraction of sp³-hybridized carbons (Fsp3) is 0.250. The third-order valence-corrected chi connectivity index (χ3v) is 6.65. The zero-order valence-electron chi connectivity index (χ0n) is 18.4. The number of hydrogen-bond acceptors (Lipinski definition) is 6. The Morgan fingerprint density at radius 2 is 1.70 bits per heavy atom. The van der Waals surface area contributed by atoms with Gasteiger partial charge in [0.15, 0.2) is 0 Å². The van der Waals surface area contributed by atoms with Gasteiger partial charge in [-0.25, -0.2) is 0 Å². The topological polar surface area (TPSA) is 93.9 Å². The van der Waals surface area contributed by atoms with Crippen LogP contribution >= 0.6 is 11.3 Å². The highest BCUT2D eigenvalue weighted by Gasteiger charge is 2.29. The van der Waals surface area contributed by atoms with E-state index in [1.807, 2.05) is 18.2 Å². The molecule has 1 aliphatic rings. The molecular formula is C24H25ClN3O4S-. The van der Waals surface area contributed by atoms with E-state index in [2.05, 4.69) is 22.3 Å². The highest BCUT2D eigenvalue weighted by molar-refractivity contribution is 7.17. The van der Waals surface area contributed by atoms with Crippen LogP contribution in [-0.2, 0) is 19.5 Å². The molecule has 174 valence electrons. The molecule has 7 nitrogen and oxygen atoms in total. The first kappa shape index (κ1) is 24.6. The number of nitrogens with two attached hydrogens (primary N) is 1.